The molecule has 0 fully saturated rings. The van der Waals surface area contributed by atoms with Gasteiger partial charge in [0.2, 0.25) is 0 Å². The van der Waals surface area contributed by atoms with Gasteiger partial charge in [0.25, 0.3) is 0 Å². The fourth-order valence-electron chi connectivity index (χ4n) is 2.31. The first-order chi connectivity index (χ1) is 12.6. The molecule has 3 rings (SSSR count). The SMILES string of the molecule is C[C@H](Sc1nnc(COc2ccccc2)n1Cc1ccccc1)C(=O)[O-]. The van der Waals surface area contributed by atoms with E-state index in [9.17, 15) is 9.90 Å². The van der Waals surface area contributed by atoms with Gasteiger partial charge in [-0.25, -0.2) is 0 Å². The second-order valence-electron chi connectivity index (χ2n) is 5.65. The smallest absolute Gasteiger partial charge is 0.192 e. The van der Waals surface area contributed by atoms with E-state index < -0.39 is 11.2 Å². The number of aromatic nitrogens is 3. The molecule has 1 aromatic heterocycles. The average molecular weight is 368 g/mol. The van der Waals surface area contributed by atoms with Crippen LogP contribution >= 0.6 is 11.8 Å². The first-order valence-electron chi connectivity index (χ1n) is 8.15. The van der Waals surface area contributed by atoms with E-state index in [1.54, 1.807) is 6.92 Å². The maximum atomic E-state index is 11.1. The van der Waals surface area contributed by atoms with Gasteiger partial charge in [0.05, 0.1) is 12.5 Å². The molecule has 1 atom stereocenters. The molecule has 0 saturated carbocycles. The van der Waals surface area contributed by atoms with Gasteiger partial charge in [-0.05, 0) is 24.6 Å². The number of benzene rings is 2. The van der Waals surface area contributed by atoms with E-state index in [-0.39, 0.29) is 6.61 Å². The normalized spacial score (nSPS) is 11.9. The zero-order valence-electron chi connectivity index (χ0n) is 14.2. The number of carboxylic acids is 1. The van der Waals surface area contributed by atoms with Gasteiger partial charge < -0.3 is 14.6 Å². The van der Waals surface area contributed by atoms with Crippen molar-refractivity contribution in [3.63, 3.8) is 0 Å². The molecule has 1 heterocycles. The Labute approximate surface area is 155 Å². The number of aliphatic carboxylic acids is 1. The fraction of sp³-hybridized carbons (Fsp3) is 0.211. The summed E-state index contributed by atoms with van der Waals surface area (Å²) >= 11 is 1.11. The fourth-order valence-corrected chi connectivity index (χ4v) is 3.11. The van der Waals surface area contributed by atoms with Crippen molar-refractivity contribution in [2.45, 2.75) is 30.5 Å². The van der Waals surface area contributed by atoms with E-state index >= 15 is 0 Å². The van der Waals surface area contributed by atoms with Gasteiger partial charge in [-0.3, -0.25) is 4.57 Å². The van der Waals surface area contributed by atoms with Crippen LogP contribution in [0, 0.1) is 0 Å². The van der Waals surface area contributed by atoms with Crippen LogP contribution in [0.2, 0.25) is 0 Å². The number of carbonyl (C=O) groups excluding carboxylic acids is 1. The van der Waals surface area contributed by atoms with E-state index in [1.807, 2.05) is 65.2 Å². The van der Waals surface area contributed by atoms with Crippen molar-refractivity contribution in [2.75, 3.05) is 0 Å². The van der Waals surface area contributed by atoms with Crippen LogP contribution in [0.5, 0.6) is 5.75 Å². The number of carboxylic acid groups (broad SMARTS) is 1. The van der Waals surface area contributed by atoms with Gasteiger partial charge in [-0.15, -0.1) is 10.2 Å². The molecule has 0 aliphatic rings. The maximum Gasteiger partial charge on any atom is 0.192 e. The molecule has 0 aliphatic heterocycles. The van der Waals surface area contributed by atoms with Crippen molar-refractivity contribution in [3.05, 3.63) is 72.1 Å². The summed E-state index contributed by atoms with van der Waals surface area (Å²) in [6.07, 6.45) is 0. The molecule has 6 nitrogen and oxygen atoms in total. The number of carbonyl (C=O) groups is 1. The maximum absolute atomic E-state index is 11.1. The number of hydrogen-bond donors (Lipinski definition) is 0. The Kier molecular flexibility index (Phi) is 5.91. The molecular formula is C19H18N3O3S-. The van der Waals surface area contributed by atoms with Gasteiger partial charge in [-0.2, -0.15) is 0 Å². The average Bonchev–Trinajstić information content (AvgIpc) is 3.03. The van der Waals surface area contributed by atoms with Gasteiger partial charge in [-0.1, -0.05) is 60.3 Å². The van der Waals surface area contributed by atoms with Crippen molar-refractivity contribution in [1.29, 1.82) is 0 Å². The van der Waals surface area contributed by atoms with Crippen molar-refractivity contribution >= 4 is 17.7 Å². The highest BCUT2D eigenvalue weighted by molar-refractivity contribution is 8.00. The lowest BCUT2D eigenvalue weighted by Crippen LogP contribution is -2.31. The summed E-state index contributed by atoms with van der Waals surface area (Å²) < 4.78 is 7.65. The van der Waals surface area contributed by atoms with Gasteiger partial charge in [0.15, 0.2) is 11.0 Å². The molecule has 0 spiro atoms. The third-order valence-corrected chi connectivity index (χ3v) is 4.76. The first-order valence-corrected chi connectivity index (χ1v) is 9.03. The predicted molar refractivity (Wildman–Crippen MR) is 96.7 cm³/mol. The molecule has 134 valence electrons. The largest absolute Gasteiger partial charge is 0.549 e. The lowest BCUT2D eigenvalue weighted by atomic mass is 10.2. The van der Waals surface area contributed by atoms with Gasteiger partial charge in [0.1, 0.15) is 12.4 Å². The Hall–Kier alpha value is -2.80. The van der Waals surface area contributed by atoms with Crippen LogP contribution in [-0.2, 0) is 17.9 Å². The summed E-state index contributed by atoms with van der Waals surface area (Å²) in [6.45, 7) is 2.34. The molecule has 0 saturated heterocycles. The topological polar surface area (TPSA) is 80.1 Å². The summed E-state index contributed by atoms with van der Waals surface area (Å²) in [5.74, 6) is 0.233. The highest BCUT2D eigenvalue weighted by Crippen LogP contribution is 2.23. The minimum absolute atomic E-state index is 0.240. The highest BCUT2D eigenvalue weighted by Gasteiger charge is 2.17. The molecule has 0 aliphatic carbocycles. The summed E-state index contributed by atoms with van der Waals surface area (Å²) in [5, 5.41) is 19.2. The molecular weight excluding hydrogens is 350 g/mol. The second kappa shape index (κ2) is 8.53. The third kappa shape index (κ3) is 4.64. The van der Waals surface area contributed by atoms with Crippen molar-refractivity contribution in [1.82, 2.24) is 14.8 Å². The molecule has 0 bridgehead atoms. The molecule has 0 unspecified atom stereocenters. The molecule has 3 aromatic rings. The Morgan fingerprint density at radius 3 is 2.42 bits per heavy atom. The molecule has 0 N–H and O–H groups in total. The minimum Gasteiger partial charge on any atom is -0.549 e. The lowest BCUT2D eigenvalue weighted by Gasteiger charge is -2.14. The van der Waals surface area contributed by atoms with Crippen molar-refractivity contribution in [3.8, 4) is 5.75 Å². The van der Waals surface area contributed by atoms with E-state index in [0.717, 1.165) is 23.1 Å². The number of hydrogen-bond acceptors (Lipinski definition) is 6. The Morgan fingerprint density at radius 2 is 1.77 bits per heavy atom. The molecule has 7 heteroatoms. The Morgan fingerprint density at radius 1 is 1.12 bits per heavy atom. The molecule has 2 aromatic carbocycles. The van der Waals surface area contributed by atoms with Crippen LogP contribution in [0.25, 0.3) is 0 Å². The monoisotopic (exact) mass is 368 g/mol. The van der Waals surface area contributed by atoms with E-state index in [1.165, 1.54) is 0 Å². The Balaban J connectivity index is 1.83. The molecule has 0 radical (unpaired) electrons. The van der Waals surface area contributed by atoms with Crippen molar-refractivity contribution in [2.24, 2.45) is 0 Å². The number of ether oxygens (including phenoxy) is 1. The number of para-hydroxylation sites is 1. The van der Waals surface area contributed by atoms with Crippen LogP contribution in [0.3, 0.4) is 0 Å². The zero-order chi connectivity index (χ0) is 18.4. The van der Waals surface area contributed by atoms with E-state index in [2.05, 4.69) is 10.2 Å². The highest BCUT2D eigenvalue weighted by atomic mass is 32.2. The first kappa shape index (κ1) is 18.0. The summed E-state index contributed by atoms with van der Waals surface area (Å²) in [6, 6.07) is 19.3. The second-order valence-corrected chi connectivity index (χ2v) is 6.96. The van der Waals surface area contributed by atoms with Gasteiger partial charge >= 0.3 is 0 Å². The van der Waals surface area contributed by atoms with Crippen LogP contribution in [-0.4, -0.2) is 26.0 Å². The molecule has 0 amide bonds. The summed E-state index contributed by atoms with van der Waals surface area (Å²) in [5.41, 5.74) is 1.07. The summed E-state index contributed by atoms with van der Waals surface area (Å²) in [7, 11) is 0. The van der Waals surface area contributed by atoms with Gasteiger partial charge in [0, 0.05) is 5.25 Å². The van der Waals surface area contributed by atoms with E-state index in [0.29, 0.717) is 17.5 Å². The van der Waals surface area contributed by atoms with Crippen LogP contribution in [0.15, 0.2) is 65.8 Å². The number of nitrogens with zero attached hydrogens (tertiary/aromatic N) is 3. The standard InChI is InChI=1S/C19H19N3O3S/c1-14(18(23)24)26-19-21-20-17(13-25-16-10-6-3-7-11-16)22(19)12-15-8-4-2-5-9-15/h2-11,14H,12-13H2,1H3,(H,23,24)/p-1/t14-/m0/s1. The molecule has 26 heavy (non-hydrogen) atoms. The number of rotatable bonds is 8. The minimum atomic E-state index is -1.13. The third-order valence-electron chi connectivity index (χ3n) is 3.70. The van der Waals surface area contributed by atoms with E-state index in [4.69, 9.17) is 4.74 Å². The quantitative estimate of drug-likeness (QED) is 0.567. The summed E-state index contributed by atoms with van der Waals surface area (Å²) in [4.78, 5) is 11.1. The van der Waals surface area contributed by atoms with Crippen LogP contribution in [0.4, 0.5) is 0 Å². The predicted octanol–water partition coefficient (Wildman–Crippen LogP) is 2.14. The Bertz CT molecular complexity index is 853. The van der Waals surface area contributed by atoms with Crippen LogP contribution in [0.1, 0.15) is 18.3 Å². The lowest BCUT2D eigenvalue weighted by molar-refractivity contribution is -0.304. The van der Waals surface area contributed by atoms with Crippen molar-refractivity contribution < 1.29 is 14.6 Å². The zero-order valence-corrected chi connectivity index (χ0v) is 15.1. The van der Waals surface area contributed by atoms with Crippen LogP contribution < -0.4 is 9.84 Å². The number of thioether (sulfide) groups is 1.